The molecule has 0 atom stereocenters. The largest absolute Gasteiger partial charge is 0.354 e. The van der Waals surface area contributed by atoms with Crippen molar-refractivity contribution in [3.8, 4) is 0 Å². The summed E-state index contributed by atoms with van der Waals surface area (Å²) in [6.07, 6.45) is 6.52. The Hall–Kier alpha value is -1.95. The van der Waals surface area contributed by atoms with Crippen molar-refractivity contribution in [2.75, 3.05) is 17.2 Å². The second-order valence-electron chi connectivity index (χ2n) is 5.35. The monoisotopic (exact) mass is 376 g/mol. The van der Waals surface area contributed by atoms with Crippen molar-refractivity contribution in [1.29, 1.82) is 0 Å². The number of aromatic nitrogens is 2. The molecule has 1 heterocycles. The molecular formula is C17H21BrN4O. The molecule has 1 aromatic carbocycles. The predicted molar refractivity (Wildman–Crippen MR) is 96.9 cm³/mol. The third-order valence-electron chi connectivity index (χ3n) is 3.39. The third kappa shape index (κ3) is 5.32. The predicted octanol–water partition coefficient (Wildman–Crippen LogP) is 4.40. The van der Waals surface area contributed by atoms with Gasteiger partial charge in [0.15, 0.2) is 0 Å². The number of aryl methyl sites for hydroxylation is 1. The Labute approximate surface area is 145 Å². The van der Waals surface area contributed by atoms with Crippen LogP contribution in [0.4, 0.5) is 11.6 Å². The number of halogens is 1. The van der Waals surface area contributed by atoms with Crippen LogP contribution in [0.25, 0.3) is 0 Å². The fraction of sp³-hybridized carbons (Fsp3) is 0.353. The van der Waals surface area contributed by atoms with Crippen LogP contribution in [0, 0.1) is 6.92 Å². The molecule has 23 heavy (non-hydrogen) atoms. The molecule has 2 N–H and O–H groups in total. The summed E-state index contributed by atoms with van der Waals surface area (Å²) in [7, 11) is 0. The molecule has 1 amide bonds. The van der Waals surface area contributed by atoms with E-state index in [0.717, 1.165) is 28.7 Å². The van der Waals surface area contributed by atoms with E-state index in [4.69, 9.17) is 0 Å². The smallest absolute Gasteiger partial charge is 0.258 e. The standard InChI is InChI=1S/C17H21BrN4O/c1-3-4-5-8-19-17-20-10-13(11-21-17)16(23)22-14-6-7-15(18)12(2)9-14/h6-7,9-11H,3-5,8H2,1-2H3,(H,22,23)(H,19,20,21). The highest BCUT2D eigenvalue weighted by atomic mass is 79.9. The number of anilines is 2. The fourth-order valence-electron chi connectivity index (χ4n) is 2.04. The number of nitrogens with one attached hydrogen (secondary N) is 2. The Morgan fingerprint density at radius 2 is 1.96 bits per heavy atom. The van der Waals surface area contributed by atoms with Crippen LogP contribution in [0.2, 0.25) is 0 Å². The second-order valence-corrected chi connectivity index (χ2v) is 6.20. The molecule has 6 heteroatoms. The van der Waals surface area contributed by atoms with Crippen LogP contribution >= 0.6 is 15.9 Å². The summed E-state index contributed by atoms with van der Waals surface area (Å²) in [6, 6.07) is 5.66. The quantitative estimate of drug-likeness (QED) is 0.702. The first-order valence-electron chi connectivity index (χ1n) is 7.73. The Bertz CT molecular complexity index is 658. The van der Waals surface area contributed by atoms with Gasteiger partial charge in [-0.15, -0.1) is 0 Å². The van der Waals surface area contributed by atoms with Crippen molar-refractivity contribution >= 4 is 33.5 Å². The van der Waals surface area contributed by atoms with Gasteiger partial charge in [-0.3, -0.25) is 4.79 Å². The van der Waals surface area contributed by atoms with Gasteiger partial charge in [-0.1, -0.05) is 35.7 Å². The first-order chi connectivity index (χ1) is 11.1. The molecule has 0 saturated carbocycles. The van der Waals surface area contributed by atoms with Crippen LogP contribution in [-0.4, -0.2) is 22.4 Å². The molecule has 0 saturated heterocycles. The maximum atomic E-state index is 12.2. The Morgan fingerprint density at radius 3 is 2.61 bits per heavy atom. The first-order valence-corrected chi connectivity index (χ1v) is 8.53. The average molecular weight is 377 g/mol. The number of unbranched alkanes of at least 4 members (excludes halogenated alkanes) is 2. The minimum atomic E-state index is -0.218. The molecule has 0 aliphatic rings. The number of hydrogen-bond donors (Lipinski definition) is 2. The van der Waals surface area contributed by atoms with Crippen LogP contribution in [0.3, 0.4) is 0 Å². The summed E-state index contributed by atoms with van der Waals surface area (Å²) in [4.78, 5) is 20.6. The van der Waals surface area contributed by atoms with E-state index >= 15 is 0 Å². The molecule has 2 rings (SSSR count). The van der Waals surface area contributed by atoms with Gasteiger partial charge in [0.25, 0.3) is 5.91 Å². The van der Waals surface area contributed by atoms with Crippen LogP contribution in [-0.2, 0) is 0 Å². The lowest BCUT2D eigenvalue weighted by Gasteiger charge is -2.08. The van der Waals surface area contributed by atoms with E-state index in [1.54, 1.807) is 0 Å². The topological polar surface area (TPSA) is 66.9 Å². The van der Waals surface area contributed by atoms with Gasteiger partial charge in [0, 0.05) is 29.1 Å². The molecule has 0 radical (unpaired) electrons. The van der Waals surface area contributed by atoms with Gasteiger partial charge >= 0.3 is 0 Å². The van der Waals surface area contributed by atoms with E-state index < -0.39 is 0 Å². The summed E-state index contributed by atoms with van der Waals surface area (Å²) in [5.41, 5.74) is 2.24. The summed E-state index contributed by atoms with van der Waals surface area (Å²) < 4.78 is 1.01. The molecule has 0 spiro atoms. The van der Waals surface area contributed by atoms with E-state index in [1.165, 1.54) is 25.2 Å². The molecule has 5 nitrogen and oxygen atoms in total. The van der Waals surface area contributed by atoms with Gasteiger partial charge in [0.05, 0.1) is 5.56 Å². The van der Waals surface area contributed by atoms with Crippen LogP contribution in [0.1, 0.15) is 42.1 Å². The maximum absolute atomic E-state index is 12.2. The lowest BCUT2D eigenvalue weighted by Crippen LogP contribution is -2.13. The highest BCUT2D eigenvalue weighted by Gasteiger charge is 2.08. The van der Waals surface area contributed by atoms with Gasteiger partial charge in [0.1, 0.15) is 0 Å². The zero-order valence-corrected chi connectivity index (χ0v) is 15.0. The van der Waals surface area contributed by atoms with E-state index in [9.17, 15) is 4.79 Å². The van der Waals surface area contributed by atoms with E-state index in [0.29, 0.717) is 11.5 Å². The number of carbonyl (C=O) groups is 1. The van der Waals surface area contributed by atoms with E-state index in [2.05, 4.69) is 43.5 Å². The Balaban J connectivity index is 1.93. The third-order valence-corrected chi connectivity index (χ3v) is 4.28. The van der Waals surface area contributed by atoms with Crippen molar-refractivity contribution < 1.29 is 4.79 Å². The number of carbonyl (C=O) groups excluding carboxylic acids is 1. The second kappa shape index (κ2) is 8.62. The zero-order valence-electron chi connectivity index (χ0n) is 13.4. The Morgan fingerprint density at radius 1 is 1.22 bits per heavy atom. The van der Waals surface area contributed by atoms with Crippen molar-refractivity contribution in [1.82, 2.24) is 9.97 Å². The number of hydrogen-bond acceptors (Lipinski definition) is 4. The van der Waals surface area contributed by atoms with Crippen LogP contribution in [0.5, 0.6) is 0 Å². The SMILES string of the molecule is CCCCCNc1ncc(C(=O)Nc2ccc(Br)c(C)c2)cn1. The summed E-state index contributed by atoms with van der Waals surface area (Å²) in [5, 5.41) is 6.00. The number of rotatable bonds is 7. The highest BCUT2D eigenvalue weighted by molar-refractivity contribution is 9.10. The summed E-state index contributed by atoms with van der Waals surface area (Å²) in [5.74, 6) is 0.335. The first kappa shape index (κ1) is 17.4. The van der Waals surface area contributed by atoms with Crippen molar-refractivity contribution in [2.24, 2.45) is 0 Å². The van der Waals surface area contributed by atoms with Gasteiger partial charge in [-0.25, -0.2) is 9.97 Å². The lowest BCUT2D eigenvalue weighted by atomic mass is 10.2. The molecule has 0 unspecified atom stereocenters. The normalized spacial score (nSPS) is 10.4. The van der Waals surface area contributed by atoms with E-state index in [-0.39, 0.29) is 5.91 Å². The fourth-order valence-corrected chi connectivity index (χ4v) is 2.28. The van der Waals surface area contributed by atoms with Crippen molar-refractivity contribution in [3.63, 3.8) is 0 Å². The molecule has 0 aliphatic heterocycles. The van der Waals surface area contributed by atoms with Gasteiger partial charge in [-0.2, -0.15) is 0 Å². The summed E-state index contributed by atoms with van der Waals surface area (Å²) in [6.45, 7) is 4.98. The molecule has 122 valence electrons. The summed E-state index contributed by atoms with van der Waals surface area (Å²) >= 11 is 3.44. The number of nitrogens with zero attached hydrogens (tertiary/aromatic N) is 2. The van der Waals surface area contributed by atoms with Gasteiger partial charge in [-0.05, 0) is 37.1 Å². The molecular weight excluding hydrogens is 356 g/mol. The molecule has 2 aromatic rings. The lowest BCUT2D eigenvalue weighted by molar-refractivity contribution is 0.102. The van der Waals surface area contributed by atoms with Crippen molar-refractivity contribution in [2.45, 2.75) is 33.1 Å². The Kier molecular flexibility index (Phi) is 6.52. The average Bonchev–Trinajstić information content (AvgIpc) is 2.55. The van der Waals surface area contributed by atoms with Crippen LogP contribution < -0.4 is 10.6 Å². The molecule has 0 fully saturated rings. The minimum Gasteiger partial charge on any atom is -0.354 e. The van der Waals surface area contributed by atoms with Crippen LogP contribution in [0.15, 0.2) is 35.1 Å². The van der Waals surface area contributed by atoms with E-state index in [1.807, 2.05) is 25.1 Å². The minimum absolute atomic E-state index is 0.218. The molecule has 0 bridgehead atoms. The van der Waals surface area contributed by atoms with Gasteiger partial charge in [0.2, 0.25) is 5.95 Å². The molecule has 1 aromatic heterocycles. The van der Waals surface area contributed by atoms with Gasteiger partial charge < -0.3 is 10.6 Å². The van der Waals surface area contributed by atoms with Crippen molar-refractivity contribution in [3.05, 3.63) is 46.2 Å². The number of amides is 1. The zero-order chi connectivity index (χ0) is 16.7. The highest BCUT2D eigenvalue weighted by Crippen LogP contribution is 2.20. The molecule has 0 aliphatic carbocycles. The maximum Gasteiger partial charge on any atom is 0.258 e. The number of benzene rings is 1.